The van der Waals surface area contributed by atoms with Crippen molar-refractivity contribution >= 4 is 22.8 Å². The van der Waals surface area contributed by atoms with E-state index in [1.165, 1.54) is 6.07 Å². The van der Waals surface area contributed by atoms with Gasteiger partial charge in [-0.05, 0) is 30.4 Å². The van der Waals surface area contributed by atoms with Crippen molar-refractivity contribution in [1.29, 1.82) is 0 Å². The van der Waals surface area contributed by atoms with Crippen LogP contribution in [-0.2, 0) is 9.53 Å². The number of piperidine rings is 1. The van der Waals surface area contributed by atoms with Crippen LogP contribution in [0.3, 0.4) is 0 Å². The van der Waals surface area contributed by atoms with Gasteiger partial charge in [0, 0.05) is 30.1 Å². The molecule has 25 heavy (non-hydrogen) atoms. The molecular weight excluding hydrogens is 320 g/mol. The summed E-state index contributed by atoms with van der Waals surface area (Å²) in [6.07, 6.45) is 1.10. The summed E-state index contributed by atoms with van der Waals surface area (Å²) in [7, 11) is 0. The lowest BCUT2D eigenvalue weighted by molar-refractivity contribution is -0.137. The Labute approximate surface area is 145 Å². The second kappa shape index (κ2) is 7.09. The van der Waals surface area contributed by atoms with Crippen LogP contribution in [0.5, 0.6) is 0 Å². The van der Waals surface area contributed by atoms with E-state index in [2.05, 4.69) is 18.8 Å². The molecule has 1 aromatic heterocycles. The van der Waals surface area contributed by atoms with E-state index >= 15 is 0 Å². The second-order valence-electron chi connectivity index (χ2n) is 6.91. The molecule has 0 radical (unpaired) electrons. The summed E-state index contributed by atoms with van der Waals surface area (Å²) in [4.78, 5) is 41.2. The fraction of sp³-hybridized carbons (Fsp3) is 0.421. The zero-order valence-electron chi connectivity index (χ0n) is 14.5. The molecule has 1 aliphatic heterocycles. The van der Waals surface area contributed by atoms with E-state index < -0.39 is 5.97 Å². The largest absolute Gasteiger partial charge is 0.451 e. The van der Waals surface area contributed by atoms with Crippen LogP contribution in [0.25, 0.3) is 10.9 Å². The van der Waals surface area contributed by atoms with Crippen LogP contribution in [0.4, 0.5) is 0 Å². The SMILES string of the molecule is C[C@@H]1C[C@H](C)CN(C(=O)COC(=O)c2cc(=O)c3ccccc3[nH]2)C1. The van der Waals surface area contributed by atoms with E-state index in [0.717, 1.165) is 6.42 Å². The van der Waals surface area contributed by atoms with E-state index in [-0.39, 0.29) is 23.6 Å². The lowest BCUT2D eigenvalue weighted by Crippen LogP contribution is -2.44. The van der Waals surface area contributed by atoms with Crippen LogP contribution in [0.1, 0.15) is 30.8 Å². The van der Waals surface area contributed by atoms with Crippen LogP contribution in [0, 0.1) is 11.8 Å². The minimum absolute atomic E-state index is 0.0527. The zero-order chi connectivity index (χ0) is 18.0. The summed E-state index contributed by atoms with van der Waals surface area (Å²) in [5.74, 6) is -0.00955. The van der Waals surface area contributed by atoms with Crippen molar-refractivity contribution in [1.82, 2.24) is 9.88 Å². The molecule has 1 amide bonds. The maximum absolute atomic E-state index is 12.3. The molecule has 1 aliphatic rings. The first-order chi connectivity index (χ1) is 11.9. The van der Waals surface area contributed by atoms with Gasteiger partial charge in [-0.25, -0.2) is 4.79 Å². The smallest absolute Gasteiger partial charge is 0.355 e. The van der Waals surface area contributed by atoms with E-state index in [1.54, 1.807) is 29.2 Å². The predicted molar refractivity (Wildman–Crippen MR) is 94.4 cm³/mol. The van der Waals surface area contributed by atoms with Gasteiger partial charge < -0.3 is 14.6 Å². The van der Waals surface area contributed by atoms with Crippen LogP contribution in [0.2, 0.25) is 0 Å². The van der Waals surface area contributed by atoms with Crippen molar-refractivity contribution in [3.63, 3.8) is 0 Å². The molecule has 0 spiro atoms. The Morgan fingerprint density at radius 1 is 1.20 bits per heavy atom. The number of hydrogen-bond acceptors (Lipinski definition) is 4. The van der Waals surface area contributed by atoms with Crippen LogP contribution >= 0.6 is 0 Å². The number of carbonyl (C=O) groups excluding carboxylic acids is 2. The molecule has 2 heterocycles. The van der Waals surface area contributed by atoms with E-state index in [9.17, 15) is 14.4 Å². The Morgan fingerprint density at radius 3 is 2.60 bits per heavy atom. The van der Waals surface area contributed by atoms with Crippen molar-refractivity contribution in [2.45, 2.75) is 20.3 Å². The average Bonchev–Trinajstić information content (AvgIpc) is 2.58. The number of pyridine rings is 1. The highest BCUT2D eigenvalue weighted by Crippen LogP contribution is 2.21. The van der Waals surface area contributed by atoms with Crippen LogP contribution in [-0.4, -0.2) is 41.5 Å². The van der Waals surface area contributed by atoms with Crippen molar-refractivity contribution in [2.75, 3.05) is 19.7 Å². The highest BCUT2D eigenvalue weighted by atomic mass is 16.5. The van der Waals surface area contributed by atoms with Gasteiger partial charge in [-0.15, -0.1) is 0 Å². The number of ether oxygens (including phenoxy) is 1. The Balaban J connectivity index is 1.66. The number of H-pyrrole nitrogens is 1. The van der Waals surface area contributed by atoms with Gasteiger partial charge >= 0.3 is 5.97 Å². The van der Waals surface area contributed by atoms with E-state index in [0.29, 0.717) is 35.8 Å². The van der Waals surface area contributed by atoms with Gasteiger partial charge in [0.2, 0.25) is 0 Å². The Morgan fingerprint density at radius 2 is 1.88 bits per heavy atom. The Bertz CT molecular complexity index is 848. The number of esters is 1. The standard InChI is InChI=1S/C19H22N2O4/c1-12-7-13(2)10-21(9-12)18(23)11-25-19(24)16-8-17(22)14-5-3-4-6-15(14)20-16/h3-6,8,12-13H,7,9-11H2,1-2H3,(H,20,22)/t12-,13+. The molecule has 6 heteroatoms. The number of hydrogen-bond donors (Lipinski definition) is 1. The van der Waals surface area contributed by atoms with Gasteiger partial charge in [-0.3, -0.25) is 9.59 Å². The molecule has 1 saturated heterocycles. The van der Waals surface area contributed by atoms with Crippen molar-refractivity contribution in [3.8, 4) is 0 Å². The summed E-state index contributed by atoms with van der Waals surface area (Å²) in [5.41, 5.74) is 0.357. The number of rotatable bonds is 3. The number of para-hydroxylation sites is 1. The number of nitrogens with one attached hydrogen (secondary N) is 1. The number of aromatic amines is 1. The lowest BCUT2D eigenvalue weighted by Gasteiger charge is -2.34. The van der Waals surface area contributed by atoms with Crippen molar-refractivity contribution in [2.24, 2.45) is 11.8 Å². The minimum atomic E-state index is -0.700. The van der Waals surface area contributed by atoms with Gasteiger partial charge in [-0.2, -0.15) is 0 Å². The normalized spacial score (nSPS) is 20.5. The summed E-state index contributed by atoms with van der Waals surface area (Å²) in [5, 5.41) is 0.506. The van der Waals surface area contributed by atoms with E-state index in [4.69, 9.17) is 4.74 Å². The van der Waals surface area contributed by atoms with Gasteiger partial charge in [0.15, 0.2) is 12.0 Å². The van der Waals surface area contributed by atoms with Gasteiger partial charge in [-0.1, -0.05) is 26.0 Å². The molecule has 132 valence electrons. The summed E-state index contributed by atoms with van der Waals surface area (Å²) in [6.45, 7) is 5.29. The molecule has 3 rings (SSSR count). The number of fused-ring (bicyclic) bond motifs is 1. The molecule has 0 bridgehead atoms. The molecule has 0 unspecified atom stereocenters. The third kappa shape index (κ3) is 3.90. The molecule has 1 N–H and O–H groups in total. The second-order valence-corrected chi connectivity index (χ2v) is 6.91. The molecule has 6 nitrogen and oxygen atoms in total. The number of likely N-dealkylation sites (tertiary alicyclic amines) is 1. The molecule has 2 aromatic rings. The highest BCUT2D eigenvalue weighted by Gasteiger charge is 2.26. The first-order valence-electron chi connectivity index (χ1n) is 8.51. The molecule has 2 atom stereocenters. The van der Waals surface area contributed by atoms with Crippen molar-refractivity contribution in [3.05, 3.63) is 46.2 Å². The average molecular weight is 342 g/mol. The first kappa shape index (κ1) is 17.2. The topological polar surface area (TPSA) is 79.5 Å². The Hall–Kier alpha value is -2.63. The maximum Gasteiger partial charge on any atom is 0.355 e. The number of nitrogens with zero attached hydrogens (tertiary/aromatic N) is 1. The first-order valence-corrected chi connectivity index (χ1v) is 8.51. The monoisotopic (exact) mass is 342 g/mol. The van der Waals surface area contributed by atoms with Gasteiger partial charge in [0.1, 0.15) is 5.69 Å². The number of amides is 1. The highest BCUT2D eigenvalue weighted by molar-refractivity contribution is 5.92. The molecule has 0 aliphatic carbocycles. The quantitative estimate of drug-likeness (QED) is 0.867. The molecule has 0 saturated carbocycles. The fourth-order valence-electron chi connectivity index (χ4n) is 3.47. The maximum atomic E-state index is 12.3. The van der Waals surface area contributed by atoms with Crippen molar-refractivity contribution < 1.29 is 14.3 Å². The third-order valence-corrected chi connectivity index (χ3v) is 4.51. The zero-order valence-corrected chi connectivity index (χ0v) is 14.5. The minimum Gasteiger partial charge on any atom is -0.451 e. The fourth-order valence-corrected chi connectivity index (χ4v) is 3.47. The van der Waals surface area contributed by atoms with Gasteiger partial charge in [0.25, 0.3) is 5.91 Å². The predicted octanol–water partition coefficient (Wildman–Crippen LogP) is 2.19. The van der Waals surface area contributed by atoms with E-state index in [1.807, 2.05) is 0 Å². The summed E-state index contributed by atoms with van der Waals surface area (Å²) >= 11 is 0. The number of aromatic nitrogens is 1. The number of benzene rings is 1. The summed E-state index contributed by atoms with van der Waals surface area (Å²) < 4.78 is 5.12. The number of carbonyl (C=O) groups is 2. The third-order valence-electron chi connectivity index (χ3n) is 4.51. The molecular formula is C19H22N2O4. The summed E-state index contributed by atoms with van der Waals surface area (Å²) in [6, 6.07) is 8.14. The van der Waals surface area contributed by atoms with Crippen LogP contribution in [0.15, 0.2) is 35.1 Å². The molecule has 1 aromatic carbocycles. The molecule has 1 fully saturated rings. The van der Waals surface area contributed by atoms with Crippen LogP contribution < -0.4 is 5.43 Å². The lowest BCUT2D eigenvalue weighted by atomic mass is 9.92. The Kier molecular flexibility index (Phi) is 4.88. The van der Waals surface area contributed by atoms with Gasteiger partial charge in [0.05, 0.1) is 0 Å².